The molecule has 9 nitrogen and oxygen atoms in total. The van der Waals surface area contributed by atoms with Crippen molar-refractivity contribution in [1.29, 1.82) is 0 Å². The number of unbranched alkanes of at least 4 members (excludes halogenated alkanes) is 18. The Bertz CT molecular complexity index is 1080. The lowest BCUT2D eigenvalue weighted by molar-refractivity contribution is -0.303. The summed E-state index contributed by atoms with van der Waals surface area (Å²) in [6.07, 6.45) is 21.1. The maximum atomic E-state index is 15.7. The van der Waals surface area contributed by atoms with Crippen LogP contribution in [0.2, 0.25) is 0 Å². The van der Waals surface area contributed by atoms with Crippen molar-refractivity contribution in [3.8, 4) is 0 Å². The smallest absolute Gasteiger partial charge is 0.186 e. The van der Waals surface area contributed by atoms with Gasteiger partial charge in [0, 0.05) is 6.04 Å². The topological polar surface area (TPSA) is 152 Å². The molecular weight excluding hydrogens is 726 g/mol. The van der Waals surface area contributed by atoms with Gasteiger partial charge in [0.1, 0.15) is 30.1 Å². The molecule has 57 heavy (non-hydrogen) atoms. The number of ether oxygens (including phenoxy) is 2. The predicted molar refractivity (Wildman–Crippen MR) is 228 cm³/mol. The molecule has 2 bridgehead atoms. The van der Waals surface area contributed by atoms with Crippen LogP contribution in [0.3, 0.4) is 0 Å². The molecular formula is C47H88FNO8. The highest BCUT2D eigenvalue weighted by molar-refractivity contribution is 5.23. The summed E-state index contributed by atoms with van der Waals surface area (Å²) >= 11 is 0. The lowest BCUT2D eigenvalue weighted by atomic mass is 9.48. The SMILES string of the molecule is CCCCCCCCCCCCCC[C@@H](O)[C@@H](O)[C@H](COC1OC(CO)C(O)C(O)C1O)N[C@@H](CCCCCCCCCCC1=CC[C@H]2C[C@@H]1C2(C)C)C(C)(C)F. The summed E-state index contributed by atoms with van der Waals surface area (Å²) < 4.78 is 27.1. The Kier molecular flexibility index (Phi) is 23.6. The first kappa shape index (κ1) is 50.7. The van der Waals surface area contributed by atoms with Crippen molar-refractivity contribution in [3.63, 3.8) is 0 Å². The maximum absolute atomic E-state index is 15.7. The van der Waals surface area contributed by atoms with Crippen LogP contribution in [-0.2, 0) is 9.47 Å². The summed E-state index contributed by atoms with van der Waals surface area (Å²) in [5.74, 6) is 1.71. The molecule has 5 unspecified atom stereocenters. The largest absolute Gasteiger partial charge is 0.394 e. The number of fused-ring (bicyclic) bond motifs is 1. The summed E-state index contributed by atoms with van der Waals surface area (Å²) in [4.78, 5) is 0. The zero-order valence-electron chi connectivity index (χ0n) is 36.9. The van der Waals surface area contributed by atoms with Crippen LogP contribution in [0.1, 0.15) is 195 Å². The van der Waals surface area contributed by atoms with Gasteiger partial charge >= 0.3 is 0 Å². The highest BCUT2D eigenvalue weighted by Gasteiger charge is 2.50. The van der Waals surface area contributed by atoms with E-state index in [0.717, 1.165) is 63.2 Å². The Morgan fingerprint density at radius 3 is 1.82 bits per heavy atom. The van der Waals surface area contributed by atoms with Gasteiger partial charge in [-0.3, -0.25) is 0 Å². The van der Waals surface area contributed by atoms with Crippen molar-refractivity contribution in [3.05, 3.63) is 11.6 Å². The summed E-state index contributed by atoms with van der Waals surface area (Å²) in [5.41, 5.74) is 0.585. The first-order chi connectivity index (χ1) is 27.2. The molecule has 11 atom stereocenters. The number of allylic oxidation sites excluding steroid dienone is 2. The van der Waals surface area contributed by atoms with Crippen LogP contribution in [0, 0.1) is 17.3 Å². The zero-order chi connectivity index (χ0) is 41.8. The lowest BCUT2D eigenvalue weighted by Crippen LogP contribution is -2.61. The van der Waals surface area contributed by atoms with Crippen molar-refractivity contribution >= 4 is 0 Å². The fraction of sp³-hybridized carbons (Fsp3) is 0.957. The highest BCUT2D eigenvalue weighted by Crippen LogP contribution is 2.60. The third kappa shape index (κ3) is 16.9. The van der Waals surface area contributed by atoms with Crippen LogP contribution in [0.5, 0.6) is 0 Å². The Morgan fingerprint density at radius 2 is 1.32 bits per heavy atom. The molecule has 0 radical (unpaired) electrons. The molecule has 1 aliphatic heterocycles. The number of aliphatic hydroxyl groups excluding tert-OH is 6. The molecule has 2 fully saturated rings. The first-order valence-electron chi connectivity index (χ1n) is 23.6. The van der Waals surface area contributed by atoms with Gasteiger partial charge in [0.25, 0.3) is 0 Å². The second-order valence-electron chi connectivity index (χ2n) is 19.3. The van der Waals surface area contributed by atoms with E-state index in [1.165, 1.54) is 110 Å². The van der Waals surface area contributed by atoms with Crippen molar-refractivity contribution in [2.75, 3.05) is 13.2 Å². The predicted octanol–water partition coefficient (Wildman–Crippen LogP) is 8.58. The van der Waals surface area contributed by atoms with Gasteiger partial charge in [-0.05, 0) is 69.6 Å². The number of alkyl halides is 1. The lowest BCUT2D eigenvalue weighted by Gasteiger charge is -2.56. The van der Waals surface area contributed by atoms with E-state index < -0.39 is 67.3 Å². The molecule has 0 aromatic carbocycles. The maximum Gasteiger partial charge on any atom is 0.186 e. The van der Waals surface area contributed by atoms with E-state index in [1.807, 2.05) is 0 Å². The van der Waals surface area contributed by atoms with Crippen molar-refractivity contribution < 1.29 is 44.5 Å². The molecule has 0 aromatic rings. The van der Waals surface area contributed by atoms with Gasteiger partial charge in [-0.1, -0.05) is 154 Å². The number of hydrogen-bond donors (Lipinski definition) is 7. The molecule has 4 aliphatic rings. The third-order valence-corrected chi connectivity index (χ3v) is 14.0. The molecule has 4 rings (SSSR count). The second-order valence-corrected chi connectivity index (χ2v) is 19.3. The van der Waals surface area contributed by atoms with Crippen LogP contribution in [0.4, 0.5) is 4.39 Å². The van der Waals surface area contributed by atoms with Crippen molar-refractivity contribution in [2.45, 2.75) is 256 Å². The molecule has 1 saturated heterocycles. The normalized spacial score (nSPS) is 28.1. The minimum atomic E-state index is -1.63. The summed E-state index contributed by atoms with van der Waals surface area (Å²) in [7, 11) is 0. The third-order valence-electron chi connectivity index (χ3n) is 14.0. The average molecular weight is 814 g/mol. The van der Waals surface area contributed by atoms with Gasteiger partial charge in [-0.15, -0.1) is 0 Å². The van der Waals surface area contributed by atoms with E-state index in [9.17, 15) is 30.6 Å². The minimum absolute atomic E-state index is 0.262. The van der Waals surface area contributed by atoms with E-state index in [2.05, 4.69) is 32.2 Å². The van der Waals surface area contributed by atoms with Crippen molar-refractivity contribution in [2.24, 2.45) is 17.3 Å². The van der Waals surface area contributed by atoms with Crippen LogP contribution < -0.4 is 5.32 Å². The quantitative estimate of drug-likeness (QED) is 0.0255. The minimum Gasteiger partial charge on any atom is -0.394 e. The second kappa shape index (κ2) is 26.6. The van der Waals surface area contributed by atoms with E-state index in [-0.39, 0.29) is 6.61 Å². The standard InChI is InChI=1S/C47H88FNO8/c1-6-7-8-9-10-11-12-13-14-18-21-24-27-38(51)41(52)37(33-56-45-44(55)43(54)42(53)39(32-50)57-45)49-40(47(4,5)48)28-25-22-19-16-15-17-20-23-26-34-29-30-35-31-36(34)46(35,2)3/h29,35-45,49-55H,6-28,30-33H2,1-5H3/t35-,36-,37-,38+,39?,40-,41-,42?,43?,44?,45?/m0/s1. The number of rotatable bonds is 33. The summed E-state index contributed by atoms with van der Waals surface area (Å²) in [6, 6.07) is -1.55. The van der Waals surface area contributed by atoms with Crippen LogP contribution in [0.25, 0.3) is 0 Å². The number of hydrogen-bond acceptors (Lipinski definition) is 9. The van der Waals surface area contributed by atoms with Crippen molar-refractivity contribution in [1.82, 2.24) is 5.32 Å². The van der Waals surface area contributed by atoms with Crippen LogP contribution >= 0.6 is 0 Å². The fourth-order valence-corrected chi connectivity index (χ4v) is 9.66. The monoisotopic (exact) mass is 814 g/mol. The van der Waals surface area contributed by atoms with Gasteiger partial charge in [0.05, 0.1) is 31.5 Å². The Labute approximate surface area is 347 Å². The molecule has 0 amide bonds. The fourth-order valence-electron chi connectivity index (χ4n) is 9.66. The number of aliphatic hydroxyl groups is 6. The van der Waals surface area contributed by atoms with Gasteiger partial charge < -0.3 is 45.4 Å². The van der Waals surface area contributed by atoms with E-state index in [1.54, 1.807) is 5.57 Å². The summed E-state index contributed by atoms with van der Waals surface area (Å²) in [5, 5.41) is 66.5. The molecule has 336 valence electrons. The van der Waals surface area contributed by atoms with E-state index in [4.69, 9.17) is 9.47 Å². The van der Waals surface area contributed by atoms with Crippen LogP contribution in [-0.4, -0.2) is 105 Å². The Morgan fingerprint density at radius 1 is 0.789 bits per heavy atom. The van der Waals surface area contributed by atoms with Crippen LogP contribution in [0.15, 0.2) is 11.6 Å². The molecule has 1 saturated carbocycles. The average Bonchev–Trinajstić information content (AvgIpc) is 3.18. The number of halogens is 1. The molecule has 7 N–H and O–H groups in total. The Balaban J connectivity index is 1.43. The van der Waals surface area contributed by atoms with E-state index >= 15 is 4.39 Å². The van der Waals surface area contributed by atoms with Gasteiger partial charge in [-0.2, -0.15) is 0 Å². The zero-order valence-corrected chi connectivity index (χ0v) is 36.9. The Hall–Kier alpha value is -0.690. The summed E-state index contributed by atoms with van der Waals surface area (Å²) in [6.45, 7) is 9.31. The highest BCUT2D eigenvalue weighted by atomic mass is 19.1. The first-order valence-corrected chi connectivity index (χ1v) is 23.6. The molecule has 3 aliphatic carbocycles. The molecule has 0 aromatic heterocycles. The van der Waals surface area contributed by atoms with Gasteiger partial charge in [0.15, 0.2) is 6.29 Å². The molecule has 1 heterocycles. The molecule has 0 spiro atoms. The van der Waals surface area contributed by atoms with Gasteiger partial charge in [0.2, 0.25) is 0 Å². The van der Waals surface area contributed by atoms with E-state index in [0.29, 0.717) is 18.3 Å². The van der Waals surface area contributed by atoms with Gasteiger partial charge in [-0.25, -0.2) is 4.39 Å². The molecule has 10 heteroatoms. The number of nitrogens with one attached hydrogen (secondary N) is 1.